The van der Waals surface area contributed by atoms with Crippen LogP contribution in [-0.4, -0.2) is 83.1 Å². The van der Waals surface area contributed by atoms with Gasteiger partial charge in [0.2, 0.25) is 15.9 Å². The fourth-order valence-corrected chi connectivity index (χ4v) is 6.82. The number of piperidine rings is 1. The van der Waals surface area contributed by atoms with Crippen molar-refractivity contribution in [2.45, 2.75) is 75.9 Å². The van der Waals surface area contributed by atoms with Gasteiger partial charge in [0.1, 0.15) is 17.5 Å². The zero-order valence-corrected chi connectivity index (χ0v) is 27.2. The first-order valence-corrected chi connectivity index (χ1v) is 16.5. The first-order chi connectivity index (χ1) is 22.4. The third kappa shape index (κ3) is 9.01. The molecule has 1 amide bonds. The van der Waals surface area contributed by atoms with Crippen molar-refractivity contribution in [2.75, 3.05) is 13.1 Å². The van der Waals surface area contributed by atoms with Gasteiger partial charge in [-0.3, -0.25) is 9.59 Å². The second kappa shape index (κ2) is 13.4. The lowest BCUT2D eigenvalue weighted by atomic mass is 9.90. The fraction of sp³-hybridized carbons (Fsp3) is 0.519. The molecule has 49 heavy (non-hydrogen) atoms. The summed E-state index contributed by atoms with van der Waals surface area (Å²) in [7, 11) is -5.09. The molecule has 0 aliphatic carbocycles. The van der Waals surface area contributed by atoms with Crippen LogP contribution in [0.15, 0.2) is 27.5 Å². The zero-order chi connectivity index (χ0) is 36.7. The number of carbonyl (C=O) groups excluding carboxylic acids is 1. The molecular weight excluding hydrogens is 722 g/mol. The van der Waals surface area contributed by atoms with E-state index in [4.69, 9.17) is 4.42 Å². The quantitative estimate of drug-likeness (QED) is 0.226. The number of amides is 1. The number of likely N-dealkylation sites (tertiary alicyclic amines) is 1. The molecule has 0 saturated carbocycles. The predicted octanol–water partition coefficient (Wildman–Crippen LogP) is 5.90. The highest BCUT2D eigenvalue weighted by atomic mass is 32.2. The molecule has 4 rings (SSSR count). The van der Waals surface area contributed by atoms with Crippen LogP contribution in [0.25, 0.3) is 21.3 Å². The van der Waals surface area contributed by atoms with E-state index >= 15 is 0 Å². The molecule has 3 aromatic rings. The van der Waals surface area contributed by atoms with Crippen molar-refractivity contribution in [3.63, 3.8) is 0 Å². The Labute approximate surface area is 276 Å². The normalized spacial score (nSPS) is 16.4. The second-order valence-electron chi connectivity index (χ2n) is 11.5. The van der Waals surface area contributed by atoms with Gasteiger partial charge in [0, 0.05) is 44.0 Å². The summed E-state index contributed by atoms with van der Waals surface area (Å²) in [5, 5.41) is 16.7. The number of thiazole rings is 1. The summed E-state index contributed by atoms with van der Waals surface area (Å²) in [6.07, 6.45) is -13.0. The van der Waals surface area contributed by atoms with Crippen LogP contribution >= 0.6 is 11.3 Å². The molecule has 0 unspecified atom stereocenters. The van der Waals surface area contributed by atoms with E-state index in [1.807, 2.05) is 0 Å². The van der Waals surface area contributed by atoms with Crippen molar-refractivity contribution in [2.24, 2.45) is 5.41 Å². The van der Waals surface area contributed by atoms with E-state index in [9.17, 15) is 58.2 Å². The van der Waals surface area contributed by atoms with Gasteiger partial charge in [-0.25, -0.2) is 22.2 Å². The average molecular weight is 750 g/mol. The van der Waals surface area contributed by atoms with Crippen LogP contribution in [-0.2, 0) is 21.2 Å². The van der Waals surface area contributed by atoms with Gasteiger partial charge in [-0.2, -0.15) is 17.9 Å². The summed E-state index contributed by atoms with van der Waals surface area (Å²) in [5.41, 5.74) is -2.56. The number of halogens is 8. The van der Waals surface area contributed by atoms with Crippen molar-refractivity contribution in [1.82, 2.24) is 24.8 Å². The lowest BCUT2D eigenvalue weighted by molar-refractivity contribution is -0.274. The zero-order valence-electron chi connectivity index (χ0n) is 25.6. The summed E-state index contributed by atoms with van der Waals surface area (Å²) in [5.74, 6) is -7.12. The number of nitrogens with one attached hydrogen (secondary N) is 1. The number of benzene rings is 1. The van der Waals surface area contributed by atoms with E-state index in [1.54, 1.807) is 0 Å². The number of aromatic nitrogens is 3. The molecule has 1 saturated heterocycles. The highest BCUT2D eigenvalue weighted by Crippen LogP contribution is 2.43. The van der Waals surface area contributed by atoms with Gasteiger partial charge in [-0.15, -0.1) is 34.7 Å². The van der Waals surface area contributed by atoms with Crippen molar-refractivity contribution in [3.05, 3.63) is 29.8 Å². The van der Waals surface area contributed by atoms with E-state index in [-0.39, 0.29) is 17.3 Å². The number of hydrogen-bond donors (Lipinski definition) is 2. The number of hydrogen-bond acceptors (Lipinski definition) is 10. The Morgan fingerprint density at radius 2 is 1.76 bits per heavy atom. The first-order valence-electron chi connectivity index (χ1n) is 14.2. The number of nitrogens with zero attached hydrogens (tertiary/aromatic N) is 4. The molecule has 1 aromatic carbocycles. The molecule has 0 spiro atoms. The highest BCUT2D eigenvalue weighted by molar-refractivity contribution is 7.89. The van der Waals surface area contributed by atoms with E-state index in [2.05, 4.69) is 19.9 Å². The van der Waals surface area contributed by atoms with E-state index in [0.29, 0.717) is 23.5 Å². The van der Waals surface area contributed by atoms with Crippen molar-refractivity contribution < 1.29 is 67.4 Å². The molecule has 1 aliphatic rings. The summed E-state index contributed by atoms with van der Waals surface area (Å²) in [6, 6.07) is -0.841. The molecule has 2 aromatic heterocycles. The van der Waals surface area contributed by atoms with Crippen LogP contribution in [0.3, 0.4) is 0 Å². The maximum absolute atomic E-state index is 13.8. The topological polar surface area (TPSA) is 165 Å². The molecule has 12 nitrogen and oxygen atoms in total. The summed E-state index contributed by atoms with van der Waals surface area (Å²) in [6.45, 7) is 2.85. The Morgan fingerprint density at radius 3 is 2.31 bits per heavy atom. The fourth-order valence-electron chi connectivity index (χ4n) is 4.49. The number of carboxylic acid groups (broad SMARTS) is 1. The number of ether oxygens (including phenoxy) is 1. The smallest absolute Gasteiger partial charge is 0.481 e. The molecule has 270 valence electrons. The summed E-state index contributed by atoms with van der Waals surface area (Å²) in [4.78, 5) is 28.8. The molecule has 1 aliphatic heterocycles. The molecule has 0 radical (unpaired) electrons. The van der Waals surface area contributed by atoms with Crippen molar-refractivity contribution in [1.29, 1.82) is 0 Å². The standard InChI is InChI=1S/C27H27F8N5O7S2/c1-4-16(26(30,31)32)39-49(44,45)13-5-6-14(15(11-13)47-27(33,34)35)19-18(22(41)40-9-7-25(28,29)8-10-40)36-21(48-19)20-38-37-17(46-20)12-24(2,3)23(42)43/h5-6,11,16,39H,4,7-10,12H2,1-3H3,(H,42,43)/t16-/m0/s1. The number of carboxylic acids is 1. The number of alkyl halides is 8. The van der Waals surface area contributed by atoms with Crippen LogP contribution in [0.4, 0.5) is 35.1 Å². The van der Waals surface area contributed by atoms with E-state index in [1.165, 1.54) is 18.6 Å². The minimum absolute atomic E-state index is 0.183. The molecule has 22 heteroatoms. The Hall–Kier alpha value is -3.92. The Bertz CT molecular complexity index is 1810. The highest BCUT2D eigenvalue weighted by Gasteiger charge is 2.42. The lowest BCUT2D eigenvalue weighted by Gasteiger charge is -2.31. The Morgan fingerprint density at radius 1 is 1.12 bits per heavy atom. The number of rotatable bonds is 11. The number of carbonyl (C=O) groups is 2. The molecule has 3 heterocycles. The first kappa shape index (κ1) is 37.9. The third-order valence-electron chi connectivity index (χ3n) is 7.27. The van der Waals surface area contributed by atoms with Crippen LogP contribution < -0.4 is 9.46 Å². The van der Waals surface area contributed by atoms with Crippen LogP contribution in [0, 0.1) is 5.41 Å². The SMILES string of the molecule is CC[C@H](NS(=O)(=O)c1ccc(-c2sc(-c3nnc(CC(C)(C)C(=O)O)o3)nc2C(=O)N2CCC(F)(F)CC2)c(OC(F)(F)F)c1)C(F)(F)F. The Kier molecular flexibility index (Phi) is 10.4. The Balaban J connectivity index is 1.85. The third-order valence-corrected chi connectivity index (χ3v) is 9.81. The summed E-state index contributed by atoms with van der Waals surface area (Å²) >= 11 is 0.486. The predicted molar refractivity (Wildman–Crippen MR) is 153 cm³/mol. The van der Waals surface area contributed by atoms with Gasteiger partial charge in [-0.05, 0) is 32.4 Å². The van der Waals surface area contributed by atoms with E-state index in [0.717, 1.165) is 17.9 Å². The van der Waals surface area contributed by atoms with Gasteiger partial charge in [0.25, 0.3) is 17.7 Å². The average Bonchev–Trinajstić information content (AvgIpc) is 3.61. The monoisotopic (exact) mass is 749 g/mol. The molecule has 2 N–H and O–H groups in total. The minimum atomic E-state index is -5.48. The minimum Gasteiger partial charge on any atom is -0.481 e. The van der Waals surface area contributed by atoms with Gasteiger partial charge < -0.3 is 19.2 Å². The van der Waals surface area contributed by atoms with Gasteiger partial charge in [0.05, 0.1) is 15.2 Å². The maximum atomic E-state index is 13.8. The van der Waals surface area contributed by atoms with E-state index < -0.39 is 117 Å². The molecule has 1 fully saturated rings. The maximum Gasteiger partial charge on any atom is 0.573 e. The van der Waals surface area contributed by atoms with Crippen LogP contribution in [0.2, 0.25) is 0 Å². The largest absolute Gasteiger partial charge is 0.573 e. The number of aliphatic carboxylic acids is 1. The van der Waals surface area contributed by atoms with Crippen LogP contribution in [0.5, 0.6) is 5.75 Å². The number of sulfonamides is 1. The lowest BCUT2D eigenvalue weighted by Crippen LogP contribution is -2.44. The van der Waals surface area contributed by atoms with Crippen molar-refractivity contribution >= 4 is 33.2 Å². The molecule has 1 atom stereocenters. The van der Waals surface area contributed by atoms with Gasteiger partial charge >= 0.3 is 18.5 Å². The van der Waals surface area contributed by atoms with Crippen LogP contribution in [0.1, 0.15) is 56.4 Å². The van der Waals surface area contributed by atoms with Crippen molar-refractivity contribution in [3.8, 4) is 27.1 Å². The summed E-state index contributed by atoms with van der Waals surface area (Å²) < 4.78 is 145. The molecule has 0 bridgehead atoms. The van der Waals surface area contributed by atoms with Gasteiger partial charge in [0.15, 0.2) is 5.01 Å². The second-order valence-corrected chi connectivity index (χ2v) is 14.3. The van der Waals surface area contributed by atoms with Gasteiger partial charge in [-0.1, -0.05) is 6.92 Å². The molecular formula is C27H27F8N5O7S2.